The Balaban J connectivity index is 2.84. The van der Waals surface area contributed by atoms with Crippen LogP contribution in [0.25, 0.3) is 0 Å². The first-order valence-electron chi connectivity index (χ1n) is 7.01. The summed E-state index contributed by atoms with van der Waals surface area (Å²) in [5.74, 6) is -2.38. The van der Waals surface area contributed by atoms with Gasteiger partial charge in [0.05, 0.1) is 17.9 Å². The van der Waals surface area contributed by atoms with Gasteiger partial charge in [0.25, 0.3) is 0 Å². The van der Waals surface area contributed by atoms with Gasteiger partial charge < -0.3 is 9.47 Å². The van der Waals surface area contributed by atoms with Crippen LogP contribution in [0.5, 0.6) is 0 Å². The smallest absolute Gasteiger partial charge is 0.337 e. The van der Waals surface area contributed by atoms with Gasteiger partial charge in [0.1, 0.15) is 0 Å². The highest BCUT2D eigenvalue weighted by molar-refractivity contribution is 5.95. The molecule has 0 heterocycles. The summed E-state index contributed by atoms with van der Waals surface area (Å²) < 4.78 is 9.88. The highest BCUT2D eigenvalue weighted by Crippen LogP contribution is 2.42. The third-order valence-corrected chi connectivity index (χ3v) is 3.77. The Hall–Kier alpha value is -1.65. The average Bonchev–Trinajstić information content (AvgIpc) is 2.44. The molecular formula is C15H22O5. The van der Waals surface area contributed by atoms with E-state index >= 15 is 0 Å². The monoisotopic (exact) mass is 282 g/mol. The zero-order valence-electron chi connectivity index (χ0n) is 12.1. The van der Waals surface area contributed by atoms with Gasteiger partial charge in [-0.05, 0) is 26.2 Å². The van der Waals surface area contributed by atoms with E-state index in [1.165, 1.54) is 0 Å². The summed E-state index contributed by atoms with van der Waals surface area (Å²) in [6, 6.07) is 0. The summed E-state index contributed by atoms with van der Waals surface area (Å²) in [6.07, 6.45) is 4.46. The quantitative estimate of drug-likeness (QED) is 0.440. The van der Waals surface area contributed by atoms with Gasteiger partial charge in [0.2, 0.25) is 0 Å². The van der Waals surface area contributed by atoms with Crippen LogP contribution in [0.1, 0.15) is 46.0 Å². The summed E-state index contributed by atoms with van der Waals surface area (Å²) in [5.41, 5.74) is -0.998. The Labute approximate surface area is 119 Å². The molecule has 2 unspecified atom stereocenters. The van der Waals surface area contributed by atoms with Gasteiger partial charge in [-0.25, -0.2) is 4.79 Å². The maximum atomic E-state index is 12.2. The fourth-order valence-electron chi connectivity index (χ4n) is 2.51. The van der Waals surface area contributed by atoms with E-state index in [9.17, 15) is 14.4 Å². The largest absolute Gasteiger partial charge is 0.465 e. The minimum atomic E-state index is -0.998. The van der Waals surface area contributed by atoms with Gasteiger partial charge in [-0.15, -0.1) is 0 Å². The predicted molar refractivity (Wildman–Crippen MR) is 72.6 cm³/mol. The van der Waals surface area contributed by atoms with E-state index in [2.05, 4.69) is 6.58 Å². The molecule has 5 heteroatoms. The van der Waals surface area contributed by atoms with Crippen molar-refractivity contribution in [1.29, 1.82) is 0 Å². The maximum Gasteiger partial charge on any atom is 0.337 e. The fraction of sp³-hybridized carbons (Fsp3) is 0.667. The molecule has 5 nitrogen and oxygen atoms in total. The first kappa shape index (κ1) is 16.4. The molecule has 1 fully saturated rings. The van der Waals surface area contributed by atoms with E-state index in [1.54, 1.807) is 6.92 Å². The Bertz CT molecular complexity index is 401. The van der Waals surface area contributed by atoms with Crippen molar-refractivity contribution in [2.75, 3.05) is 6.61 Å². The molecule has 112 valence electrons. The first-order valence-corrected chi connectivity index (χ1v) is 7.01. The molecule has 0 aromatic heterocycles. The van der Waals surface area contributed by atoms with E-state index in [4.69, 9.17) is 9.47 Å². The van der Waals surface area contributed by atoms with Crippen molar-refractivity contribution in [2.24, 2.45) is 11.3 Å². The first-order chi connectivity index (χ1) is 9.45. The minimum absolute atomic E-state index is 0.339. The molecule has 2 atom stereocenters. The summed E-state index contributed by atoms with van der Waals surface area (Å²) in [6.45, 7) is 7.17. The van der Waals surface area contributed by atoms with Crippen LogP contribution in [0.15, 0.2) is 12.7 Å². The lowest BCUT2D eigenvalue weighted by Gasteiger charge is -2.37. The Morgan fingerprint density at radius 3 is 2.65 bits per heavy atom. The number of ether oxygens (including phenoxy) is 2. The zero-order valence-corrected chi connectivity index (χ0v) is 12.1. The Kier molecular flexibility index (Phi) is 5.92. The van der Waals surface area contributed by atoms with Gasteiger partial charge in [0.15, 0.2) is 0 Å². The number of carbonyl (C=O) groups is 3. The van der Waals surface area contributed by atoms with Crippen molar-refractivity contribution in [3.05, 3.63) is 12.7 Å². The Morgan fingerprint density at radius 1 is 1.35 bits per heavy atom. The van der Waals surface area contributed by atoms with Crippen LogP contribution < -0.4 is 0 Å². The van der Waals surface area contributed by atoms with Crippen LogP contribution in [0.3, 0.4) is 0 Å². The highest BCUT2D eigenvalue weighted by atomic mass is 16.6. The van der Waals surface area contributed by atoms with Crippen LogP contribution in [0.4, 0.5) is 0 Å². The molecule has 1 aliphatic rings. The van der Waals surface area contributed by atoms with Crippen LogP contribution in [0, 0.1) is 11.3 Å². The molecule has 20 heavy (non-hydrogen) atoms. The molecule has 0 aliphatic heterocycles. The summed E-state index contributed by atoms with van der Waals surface area (Å²) >= 11 is 0. The molecule has 0 aromatic rings. The molecule has 1 aliphatic carbocycles. The fourth-order valence-corrected chi connectivity index (χ4v) is 2.51. The molecule has 1 rings (SSSR count). The second-order valence-electron chi connectivity index (χ2n) is 5.30. The molecular weight excluding hydrogens is 260 g/mol. The normalized spacial score (nSPS) is 25.6. The minimum Gasteiger partial charge on any atom is -0.465 e. The lowest BCUT2D eigenvalue weighted by molar-refractivity contribution is -0.175. The van der Waals surface area contributed by atoms with Crippen LogP contribution in [-0.4, -0.2) is 24.5 Å². The van der Waals surface area contributed by atoms with Crippen LogP contribution in [-0.2, 0) is 23.9 Å². The average molecular weight is 282 g/mol. The molecule has 0 bridgehead atoms. The lowest BCUT2D eigenvalue weighted by Crippen LogP contribution is -2.44. The van der Waals surface area contributed by atoms with E-state index in [1.807, 2.05) is 6.92 Å². The van der Waals surface area contributed by atoms with Crippen molar-refractivity contribution >= 4 is 17.9 Å². The van der Waals surface area contributed by atoms with Crippen molar-refractivity contribution < 1.29 is 23.9 Å². The van der Waals surface area contributed by atoms with Crippen molar-refractivity contribution in [3.63, 3.8) is 0 Å². The third-order valence-electron chi connectivity index (χ3n) is 3.77. The van der Waals surface area contributed by atoms with Gasteiger partial charge in [-0.3, -0.25) is 9.59 Å². The molecule has 0 saturated heterocycles. The number of rotatable bonds is 5. The van der Waals surface area contributed by atoms with E-state index in [0.717, 1.165) is 25.3 Å². The van der Waals surface area contributed by atoms with Crippen molar-refractivity contribution in [2.45, 2.75) is 46.0 Å². The van der Waals surface area contributed by atoms with Gasteiger partial charge >= 0.3 is 17.9 Å². The van der Waals surface area contributed by atoms with Gasteiger partial charge in [-0.1, -0.05) is 26.3 Å². The van der Waals surface area contributed by atoms with E-state index in [0.29, 0.717) is 19.4 Å². The highest BCUT2D eigenvalue weighted by Gasteiger charge is 2.49. The number of hydrogen-bond donors (Lipinski definition) is 0. The van der Waals surface area contributed by atoms with Gasteiger partial charge in [-0.2, -0.15) is 0 Å². The molecule has 0 amide bonds. The van der Waals surface area contributed by atoms with E-state index < -0.39 is 23.3 Å². The number of carbonyl (C=O) groups excluding carboxylic acids is 3. The summed E-state index contributed by atoms with van der Waals surface area (Å²) in [5, 5.41) is 0. The molecule has 0 aromatic carbocycles. The number of esters is 3. The molecule has 1 saturated carbocycles. The summed E-state index contributed by atoms with van der Waals surface area (Å²) in [4.78, 5) is 35.5. The topological polar surface area (TPSA) is 69.7 Å². The molecule has 0 spiro atoms. The second kappa shape index (κ2) is 7.22. The third kappa shape index (κ3) is 3.68. The lowest BCUT2D eigenvalue weighted by atomic mass is 9.67. The molecule has 0 radical (unpaired) electrons. The standard InChI is InChI=1S/C15H22O5/c1-4-10-19-13(17)11-8-6-7-9-15(11,3)14(18)20-12(16)5-2/h5,11H,2,4,6-10H2,1,3H3. The van der Waals surface area contributed by atoms with Gasteiger partial charge in [0, 0.05) is 6.08 Å². The number of hydrogen-bond acceptors (Lipinski definition) is 5. The zero-order chi connectivity index (χ0) is 15.2. The van der Waals surface area contributed by atoms with Crippen molar-refractivity contribution in [3.8, 4) is 0 Å². The Morgan fingerprint density at radius 2 is 2.05 bits per heavy atom. The van der Waals surface area contributed by atoms with Crippen molar-refractivity contribution in [1.82, 2.24) is 0 Å². The van der Waals surface area contributed by atoms with Crippen LogP contribution >= 0.6 is 0 Å². The molecule has 0 N–H and O–H groups in total. The van der Waals surface area contributed by atoms with Crippen LogP contribution in [0.2, 0.25) is 0 Å². The van der Waals surface area contributed by atoms with E-state index in [-0.39, 0.29) is 5.97 Å². The second-order valence-corrected chi connectivity index (χ2v) is 5.30. The summed E-state index contributed by atoms with van der Waals surface area (Å²) in [7, 11) is 0. The maximum absolute atomic E-state index is 12.2. The SMILES string of the molecule is C=CC(=O)OC(=O)C1(C)CCCCC1C(=O)OCCC. The predicted octanol–water partition coefficient (Wildman–Crippen LogP) is 2.39.